The second-order valence-electron chi connectivity index (χ2n) is 8.03. The topological polar surface area (TPSA) is 128 Å². The van der Waals surface area contributed by atoms with Crippen molar-refractivity contribution in [1.82, 2.24) is 0 Å². The second kappa shape index (κ2) is 8.51. The molecule has 0 aliphatic carbocycles. The van der Waals surface area contributed by atoms with Crippen LogP contribution >= 0.6 is 0 Å². The van der Waals surface area contributed by atoms with E-state index in [9.17, 15) is 9.59 Å². The van der Waals surface area contributed by atoms with Crippen LogP contribution in [0.1, 0.15) is 42.5 Å². The van der Waals surface area contributed by atoms with Crippen LogP contribution in [0.25, 0.3) is 11.0 Å². The SMILES string of the molecule is Cc1c(C(=O)Nc2ccc(OCC(=O)OC(C)(C)C)cc2)oc2ccc(C(=N)N)cc12. The lowest BCUT2D eigenvalue weighted by Gasteiger charge is -2.19. The summed E-state index contributed by atoms with van der Waals surface area (Å²) < 4.78 is 16.3. The molecule has 8 heteroatoms. The first kappa shape index (κ1) is 21.9. The van der Waals surface area contributed by atoms with Crippen molar-refractivity contribution in [3.63, 3.8) is 0 Å². The van der Waals surface area contributed by atoms with E-state index in [1.807, 2.05) is 0 Å². The summed E-state index contributed by atoms with van der Waals surface area (Å²) in [4.78, 5) is 24.4. The highest BCUT2D eigenvalue weighted by atomic mass is 16.6. The summed E-state index contributed by atoms with van der Waals surface area (Å²) in [6, 6.07) is 11.7. The largest absolute Gasteiger partial charge is 0.482 e. The number of ether oxygens (including phenoxy) is 2. The Morgan fingerprint density at radius 1 is 1.13 bits per heavy atom. The number of nitrogens with one attached hydrogen (secondary N) is 2. The summed E-state index contributed by atoms with van der Waals surface area (Å²) in [5, 5.41) is 11.1. The smallest absolute Gasteiger partial charge is 0.344 e. The van der Waals surface area contributed by atoms with Crippen LogP contribution in [-0.4, -0.2) is 29.9 Å². The molecule has 162 valence electrons. The van der Waals surface area contributed by atoms with Crippen molar-refractivity contribution in [3.8, 4) is 5.75 Å². The number of hydrogen-bond acceptors (Lipinski definition) is 6. The van der Waals surface area contributed by atoms with Gasteiger partial charge in [0.05, 0.1) is 0 Å². The number of rotatable bonds is 6. The molecular formula is C23H25N3O5. The van der Waals surface area contributed by atoms with Gasteiger partial charge in [-0.15, -0.1) is 0 Å². The van der Waals surface area contributed by atoms with Crippen LogP contribution in [0.2, 0.25) is 0 Å². The van der Waals surface area contributed by atoms with Gasteiger partial charge in [0, 0.05) is 22.2 Å². The molecule has 0 aliphatic heterocycles. The molecule has 8 nitrogen and oxygen atoms in total. The lowest BCUT2D eigenvalue weighted by Crippen LogP contribution is -2.27. The van der Waals surface area contributed by atoms with Gasteiger partial charge >= 0.3 is 5.97 Å². The molecule has 3 aromatic rings. The van der Waals surface area contributed by atoms with Crippen molar-refractivity contribution in [2.75, 3.05) is 11.9 Å². The van der Waals surface area contributed by atoms with E-state index in [2.05, 4.69) is 5.32 Å². The first-order valence-corrected chi connectivity index (χ1v) is 9.67. The van der Waals surface area contributed by atoms with E-state index in [4.69, 9.17) is 25.0 Å². The van der Waals surface area contributed by atoms with Crippen LogP contribution in [0.5, 0.6) is 5.75 Å². The number of benzene rings is 2. The van der Waals surface area contributed by atoms with Crippen molar-refractivity contribution in [3.05, 3.63) is 59.4 Å². The minimum absolute atomic E-state index is 0.0533. The van der Waals surface area contributed by atoms with E-state index in [-0.39, 0.29) is 18.2 Å². The van der Waals surface area contributed by atoms with Gasteiger partial charge in [-0.05, 0) is 70.2 Å². The molecule has 1 amide bonds. The number of hydrogen-bond donors (Lipinski definition) is 3. The van der Waals surface area contributed by atoms with E-state index in [1.54, 1.807) is 70.2 Å². The predicted molar refractivity (Wildman–Crippen MR) is 118 cm³/mol. The van der Waals surface area contributed by atoms with E-state index in [1.165, 1.54) is 0 Å². The quantitative estimate of drug-likeness (QED) is 0.312. The Morgan fingerprint density at radius 2 is 1.81 bits per heavy atom. The molecule has 0 atom stereocenters. The summed E-state index contributed by atoms with van der Waals surface area (Å²) in [5.74, 6) is -0.261. The van der Waals surface area contributed by atoms with Crippen molar-refractivity contribution >= 4 is 34.4 Å². The zero-order valence-electron chi connectivity index (χ0n) is 17.9. The van der Waals surface area contributed by atoms with Gasteiger partial charge in [0.25, 0.3) is 5.91 Å². The first-order chi connectivity index (χ1) is 14.5. The Morgan fingerprint density at radius 3 is 2.42 bits per heavy atom. The highest BCUT2D eigenvalue weighted by Gasteiger charge is 2.19. The van der Waals surface area contributed by atoms with Crippen LogP contribution in [-0.2, 0) is 9.53 Å². The maximum atomic E-state index is 12.7. The van der Waals surface area contributed by atoms with Gasteiger partial charge in [0.15, 0.2) is 12.4 Å². The molecule has 2 aromatic carbocycles. The van der Waals surface area contributed by atoms with E-state index in [0.717, 1.165) is 5.39 Å². The van der Waals surface area contributed by atoms with Crippen molar-refractivity contribution < 1.29 is 23.5 Å². The molecule has 0 radical (unpaired) electrons. The molecule has 31 heavy (non-hydrogen) atoms. The normalized spacial score (nSPS) is 11.2. The zero-order chi connectivity index (χ0) is 22.8. The van der Waals surface area contributed by atoms with Gasteiger partial charge < -0.3 is 24.9 Å². The van der Waals surface area contributed by atoms with Gasteiger partial charge in [-0.3, -0.25) is 10.2 Å². The maximum Gasteiger partial charge on any atom is 0.344 e. The predicted octanol–water partition coefficient (Wildman–Crippen LogP) is 4.00. The van der Waals surface area contributed by atoms with E-state index < -0.39 is 17.5 Å². The van der Waals surface area contributed by atoms with Crippen molar-refractivity contribution in [2.45, 2.75) is 33.3 Å². The molecule has 0 bridgehead atoms. The van der Waals surface area contributed by atoms with Crippen molar-refractivity contribution in [2.24, 2.45) is 5.73 Å². The van der Waals surface area contributed by atoms with Crippen LogP contribution in [0.15, 0.2) is 46.9 Å². The van der Waals surface area contributed by atoms with Crippen LogP contribution in [0.3, 0.4) is 0 Å². The monoisotopic (exact) mass is 423 g/mol. The first-order valence-electron chi connectivity index (χ1n) is 9.67. The van der Waals surface area contributed by atoms with Gasteiger partial charge in [0.1, 0.15) is 22.8 Å². The van der Waals surface area contributed by atoms with E-state index in [0.29, 0.717) is 28.1 Å². The lowest BCUT2D eigenvalue weighted by molar-refractivity contribution is -0.157. The van der Waals surface area contributed by atoms with Crippen LogP contribution in [0, 0.1) is 12.3 Å². The van der Waals surface area contributed by atoms with E-state index >= 15 is 0 Å². The molecule has 0 unspecified atom stereocenters. The Labute approximate surface area is 179 Å². The van der Waals surface area contributed by atoms with Gasteiger partial charge in [-0.25, -0.2) is 4.79 Å². The molecule has 0 spiro atoms. The standard InChI is InChI=1S/C23H25N3O5/c1-13-17-11-14(21(24)25)5-10-18(17)30-20(13)22(28)26-15-6-8-16(9-7-15)29-12-19(27)31-23(2,3)4/h5-11H,12H2,1-4H3,(H3,24,25)(H,26,28). The molecular weight excluding hydrogens is 398 g/mol. The third-order valence-electron chi connectivity index (χ3n) is 4.34. The van der Waals surface area contributed by atoms with Gasteiger partial charge in [-0.2, -0.15) is 0 Å². The van der Waals surface area contributed by atoms with Gasteiger partial charge in [-0.1, -0.05) is 0 Å². The van der Waals surface area contributed by atoms with Crippen LogP contribution in [0.4, 0.5) is 5.69 Å². The number of esters is 1. The zero-order valence-corrected chi connectivity index (χ0v) is 17.9. The average Bonchev–Trinajstić information content (AvgIpc) is 3.02. The number of anilines is 1. The fourth-order valence-corrected chi connectivity index (χ4v) is 2.94. The second-order valence-corrected chi connectivity index (χ2v) is 8.03. The number of carbonyl (C=O) groups is 2. The van der Waals surface area contributed by atoms with Gasteiger partial charge in [0.2, 0.25) is 0 Å². The summed E-state index contributed by atoms with van der Waals surface area (Å²) >= 11 is 0. The number of nitrogens with two attached hydrogens (primary N) is 1. The maximum absolute atomic E-state index is 12.7. The van der Waals surface area contributed by atoms with Crippen LogP contribution < -0.4 is 15.8 Å². The Hall–Kier alpha value is -3.81. The Bertz CT molecular complexity index is 1140. The highest BCUT2D eigenvalue weighted by molar-refractivity contribution is 6.07. The molecule has 0 saturated carbocycles. The molecule has 1 heterocycles. The minimum atomic E-state index is -0.572. The molecule has 1 aromatic heterocycles. The summed E-state index contributed by atoms with van der Waals surface area (Å²) in [6.07, 6.45) is 0. The number of amidine groups is 1. The number of furan rings is 1. The lowest BCUT2D eigenvalue weighted by atomic mass is 10.1. The summed E-state index contributed by atoms with van der Waals surface area (Å²) in [7, 11) is 0. The average molecular weight is 423 g/mol. The number of aryl methyl sites for hydroxylation is 1. The van der Waals surface area contributed by atoms with Crippen molar-refractivity contribution in [1.29, 1.82) is 5.41 Å². The number of fused-ring (bicyclic) bond motifs is 1. The summed E-state index contributed by atoms with van der Waals surface area (Å²) in [6.45, 7) is 6.93. The minimum Gasteiger partial charge on any atom is -0.482 e. The fourth-order valence-electron chi connectivity index (χ4n) is 2.94. The number of carbonyl (C=O) groups excluding carboxylic acids is 2. The fraction of sp³-hybridized carbons (Fsp3) is 0.261. The molecule has 4 N–H and O–H groups in total. The Kier molecular flexibility index (Phi) is 6.01. The third-order valence-corrected chi connectivity index (χ3v) is 4.34. The third kappa shape index (κ3) is 5.42. The molecule has 3 rings (SSSR count). The Balaban J connectivity index is 1.66. The molecule has 0 fully saturated rings. The molecule has 0 aliphatic rings. The number of nitrogen functional groups attached to an aromatic ring is 1. The molecule has 0 saturated heterocycles. The number of amides is 1. The highest BCUT2D eigenvalue weighted by Crippen LogP contribution is 2.27. The summed E-state index contributed by atoms with van der Waals surface area (Å²) in [5.41, 5.74) is 7.27.